The van der Waals surface area contributed by atoms with Crippen LogP contribution in [0.3, 0.4) is 0 Å². The van der Waals surface area contributed by atoms with Crippen LogP contribution in [0.2, 0.25) is 0 Å². The zero-order chi connectivity index (χ0) is 52.5. The molecule has 0 spiro atoms. The van der Waals surface area contributed by atoms with E-state index in [9.17, 15) is 20.1 Å². The van der Waals surface area contributed by atoms with Gasteiger partial charge in [0.1, 0.15) is 31.0 Å². The summed E-state index contributed by atoms with van der Waals surface area (Å²) in [5.74, 6) is -0.705. The van der Waals surface area contributed by atoms with Crippen LogP contribution in [0.1, 0.15) is 87.1 Å². The lowest BCUT2D eigenvalue weighted by Gasteiger charge is -2.37. The van der Waals surface area contributed by atoms with Crippen molar-refractivity contribution in [1.29, 1.82) is 10.5 Å². The lowest BCUT2D eigenvalue weighted by atomic mass is 10.1. The van der Waals surface area contributed by atoms with Gasteiger partial charge in [-0.3, -0.25) is 18.7 Å². The molecule has 2 aromatic carbocycles. The first-order valence-corrected chi connectivity index (χ1v) is 27.5. The predicted molar refractivity (Wildman–Crippen MR) is 271 cm³/mol. The lowest BCUT2D eigenvalue weighted by Crippen LogP contribution is -2.41. The molecule has 4 aromatic heterocycles. The number of ether oxygens (including phenoxy) is 2. The number of carbonyl (C=O) groups excluding carboxylic acids is 2. The Kier molecular flexibility index (Phi) is 18.1. The molecule has 6 aromatic rings. The predicted octanol–water partition coefficient (Wildman–Crippen LogP) is 7.84. The van der Waals surface area contributed by atoms with Gasteiger partial charge in [0.15, 0.2) is 58.8 Å². The Labute approximate surface area is 431 Å². The van der Waals surface area contributed by atoms with Crippen LogP contribution >= 0.6 is 15.2 Å². The van der Waals surface area contributed by atoms with E-state index in [2.05, 4.69) is 51.7 Å². The van der Waals surface area contributed by atoms with Crippen molar-refractivity contribution in [1.82, 2.24) is 48.8 Å². The van der Waals surface area contributed by atoms with Crippen molar-refractivity contribution < 1.29 is 45.9 Å². The molecule has 8 rings (SSSR count). The van der Waals surface area contributed by atoms with E-state index >= 15 is 8.78 Å². The highest BCUT2D eigenvalue weighted by molar-refractivity contribution is 8.09. The fourth-order valence-corrected chi connectivity index (χ4v) is 12.5. The van der Waals surface area contributed by atoms with Crippen molar-refractivity contribution in [2.45, 2.75) is 115 Å². The number of hydrogen-bond donors (Lipinski definition) is 3. The molecule has 2 fully saturated rings. The number of carbonyl (C=O) groups is 2. The largest absolute Gasteiger partial charge is 0.349 e. The van der Waals surface area contributed by atoms with Crippen LogP contribution in [-0.4, -0.2) is 124 Å². The van der Waals surface area contributed by atoms with E-state index in [0.29, 0.717) is 11.1 Å². The summed E-state index contributed by atoms with van der Waals surface area (Å²) in [6.45, 7) is 5.19. The zero-order valence-electron chi connectivity index (χ0n) is 40.8. The maximum Gasteiger partial charge on any atom is 0.261 e. The number of halogens is 2. The second kappa shape index (κ2) is 24.6. The Hall–Kier alpha value is -5.92. The number of nitriles is 2. The van der Waals surface area contributed by atoms with Crippen molar-refractivity contribution in [3.05, 3.63) is 97.1 Å². The molecule has 0 radical (unpaired) electrons. The standard InChI is InChI=1S/C47H54F2N14O8P2S/c1-6-32-39(35(49)47(68-32)62-27-57-37-41(53-25-55-43(37)62)60-45(65)31-17-11-8-12-18-31)71-73(74,67-22-14-20-51)58-23-33-38(70-72(66-21-13-19-50)63(28(2)3)29(4)5)34(48)46(69-33)61-26-56-36-40(52-24-54-42(36)61)59-44(64)30-15-9-7-10-16-30/h7-12,15-18,24-29,32-35,38-39,46-47H,6,13-14,21-23H2,1-5H3,(H,58,74)(H,52,54,59,64)(H,53,55,60,65)/t32-,33-,34-,35-,38-,39-,46?,47?,72?,73?/m1/s1. The van der Waals surface area contributed by atoms with E-state index in [-0.39, 0.29) is 85.1 Å². The Morgan fingerprint density at radius 3 is 1.77 bits per heavy atom. The lowest BCUT2D eigenvalue weighted by molar-refractivity contribution is -0.0235. The summed E-state index contributed by atoms with van der Waals surface area (Å²) in [5, 5.41) is 27.5. The van der Waals surface area contributed by atoms with Crippen LogP contribution in [-0.2, 0) is 39.4 Å². The monoisotopic (exact) mass is 1070 g/mol. The molecule has 0 saturated carbocycles. The minimum atomic E-state index is -3.86. The van der Waals surface area contributed by atoms with Crippen LogP contribution < -0.4 is 15.7 Å². The second-order valence-electron chi connectivity index (χ2n) is 17.4. The molecule has 0 aliphatic carbocycles. The molecule has 4 unspecified atom stereocenters. The smallest absolute Gasteiger partial charge is 0.261 e. The molecule has 3 N–H and O–H groups in total. The van der Waals surface area contributed by atoms with Crippen LogP contribution in [0.4, 0.5) is 20.4 Å². The second-order valence-corrected chi connectivity index (χ2v) is 22.1. The van der Waals surface area contributed by atoms with Crippen LogP contribution in [0, 0.1) is 22.7 Å². The maximum atomic E-state index is 17.6. The summed E-state index contributed by atoms with van der Waals surface area (Å²) >= 11 is 6.07. The Morgan fingerprint density at radius 1 is 0.770 bits per heavy atom. The van der Waals surface area contributed by atoms with E-state index in [1.54, 1.807) is 67.6 Å². The average molecular weight is 1080 g/mol. The first-order chi connectivity index (χ1) is 35.7. The number of fused-ring (bicyclic) bond motifs is 2. The number of benzene rings is 2. The van der Waals surface area contributed by atoms with Gasteiger partial charge in [-0.05, 0) is 70.2 Å². The minimum absolute atomic E-state index is 0.00179. The van der Waals surface area contributed by atoms with Crippen molar-refractivity contribution >= 4 is 72.8 Å². The molecule has 2 aliphatic heterocycles. The Balaban J connectivity index is 1.07. The van der Waals surface area contributed by atoms with Gasteiger partial charge in [0.25, 0.3) is 27.0 Å². The molecule has 2 aliphatic rings. The third kappa shape index (κ3) is 12.1. The number of rotatable bonds is 23. The number of hydrogen-bond acceptors (Lipinski definition) is 18. The number of alkyl halides is 2. The Morgan fingerprint density at radius 2 is 1.27 bits per heavy atom. The molecule has 2 amide bonds. The highest BCUT2D eigenvalue weighted by Gasteiger charge is 2.52. The van der Waals surface area contributed by atoms with E-state index in [4.69, 9.17) is 39.4 Å². The van der Waals surface area contributed by atoms with Gasteiger partial charge < -0.3 is 38.2 Å². The molecule has 6 heterocycles. The number of amides is 2. The molecule has 10 atom stereocenters. The number of imidazole rings is 2. The van der Waals surface area contributed by atoms with Crippen molar-refractivity contribution in [2.24, 2.45) is 0 Å². The highest BCUT2D eigenvalue weighted by atomic mass is 32.5. The summed E-state index contributed by atoms with van der Waals surface area (Å²) in [6, 6.07) is 20.8. The van der Waals surface area contributed by atoms with Gasteiger partial charge in [0, 0.05) is 29.8 Å². The highest BCUT2D eigenvalue weighted by Crippen LogP contribution is 2.53. The summed E-state index contributed by atoms with van der Waals surface area (Å²) < 4.78 is 77.6. The molecular weight excluding hydrogens is 1020 g/mol. The van der Waals surface area contributed by atoms with Crippen LogP contribution in [0.5, 0.6) is 0 Å². The minimum Gasteiger partial charge on any atom is -0.349 e. The van der Waals surface area contributed by atoms with Crippen LogP contribution in [0.25, 0.3) is 22.3 Å². The van der Waals surface area contributed by atoms with Crippen molar-refractivity contribution in [3.8, 4) is 12.1 Å². The fraction of sp³-hybridized carbons (Fsp3) is 0.447. The number of nitrogens with one attached hydrogen (secondary N) is 3. The quantitative estimate of drug-likeness (QED) is 0.0407. The van der Waals surface area contributed by atoms with E-state index in [1.807, 2.05) is 38.4 Å². The topological polar surface area (TPSA) is 264 Å². The number of aromatic nitrogens is 8. The number of nitrogens with zero attached hydrogens (tertiary/aromatic N) is 11. The third-order valence-electron chi connectivity index (χ3n) is 11.8. The van der Waals surface area contributed by atoms with Gasteiger partial charge in [-0.1, -0.05) is 43.3 Å². The first kappa shape index (κ1) is 54.3. The molecule has 0 bridgehead atoms. The molecule has 2 saturated heterocycles. The van der Waals surface area contributed by atoms with Crippen LogP contribution in [0.15, 0.2) is 86.0 Å². The normalized spacial score (nSPS) is 23.0. The molecule has 27 heteroatoms. The summed E-state index contributed by atoms with van der Waals surface area (Å²) in [5.41, 5.74) is 1.41. The SMILES string of the molecule is CC[C@H]1OC(n2cnc3c(NC(=O)c4ccccc4)ncnc32)[C@H](F)[C@@H]1OP(=S)(NC[C@H]1OC(n2cnc3c(NC(=O)c4ccccc4)ncnc32)[C@H](F)[C@@H]1OP(OCCC#N)N(C(C)C)C(C)C)OCCC#N. The van der Waals surface area contributed by atoms with Gasteiger partial charge in [-0.25, -0.2) is 48.4 Å². The molecule has 74 heavy (non-hydrogen) atoms. The van der Waals surface area contributed by atoms with Gasteiger partial charge in [0.2, 0.25) is 0 Å². The maximum absolute atomic E-state index is 17.6. The van der Waals surface area contributed by atoms with Gasteiger partial charge in [-0.15, -0.1) is 0 Å². The zero-order valence-corrected chi connectivity index (χ0v) is 43.4. The molecular formula is C47H54F2N14O8P2S. The Bertz CT molecular complexity index is 3020. The average Bonchev–Trinajstić information content (AvgIpc) is 4.17. The number of anilines is 2. The van der Waals surface area contributed by atoms with E-state index < -0.39 is 76.2 Å². The molecule has 390 valence electrons. The van der Waals surface area contributed by atoms with Gasteiger partial charge >= 0.3 is 0 Å². The third-order valence-corrected chi connectivity index (χ3v) is 16.5. The van der Waals surface area contributed by atoms with E-state index in [1.165, 1.54) is 34.4 Å². The van der Waals surface area contributed by atoms with Gasteiger partial charge in [-0.2, -0.15) is 10.5 Å². The summed E-state index contributed by atoms with van der Waals surface area (Å²) in [4.78, 5) is 52.3. The first-order valence-electron chi connectivity index (χ1n) is 23.7. The summed E-state index contributed by atoms with van der Waals surface area (Å²) in [7, 11) is -2.04. The van der Waals surface area contributed by atoms with Crippen molar-refractivity contribution in [3.63, 3.8) is 0 Å². The fourth-order valence-electron chi connectivity index (χ4n) is 8.46. The molecule has 22 nitrogen and oxygen atoms in total. The van der Waals surface area contributed by atoms with Crippen molar-refractivity contribution in [2.75, 3.05) is 30.4 Å². The van der Waals surface area contributed by atoms with Gasteiger partial charge in [0.05, 0.1) is 57.0 Å². The summed E-state index contributed by atoms with van der Waals surface area (Å²) in [6.07, 6.45) is -6.14. The van der Waals surface area contributed by atoms with E-state index in [0.717, 1.165) is 0 Å².